The van der Waals surface area contributed by atoms with Gasteiger partial charge in [0.15, 0.2) is 0 Å². The lowest BCUT2D eigenvalue weighted by atomic mass is 9.95. The molecule has 1 aromatic carbocycles. The van der Waals surface area contributed by atoms with E-state index in [9.17, 15) is 9.90 Å². The van der Waals surface area contributed by atoms with E-state index in [-0.39, 0.29) is 17.9 Å². The molecule has 0 aliphatic carbocycles. The van der Waals surface area contributed by atoms with Gasteiger partial charge in [0.2, 0.25) is 0 Å². The van der Waals surface area contributed by atoms with Crippen LogP contribution >= 0.6 is 0 Å². The van der Waals surface area contributed by atoms with E-state index in [0.29, 0.717) is 12.1 Å². The van der Waals surface area contributed by atoms with Crippen molar-refractivity contribution >= 4 is 17.3 Å². The van der Waals surface area contributed by atoms with Crippen molar-refractivity contribution in [3.63, 3.8) is 0 Å². The molecule has 118 valence electrons. The van der Waals surface area contributed by atoms with E-state index in [1.807, 2.05) is 39.2 Å². The highest BCUT2D eigenvalue weighted by Crippen LogP contribution is 2.17. The Morgan fingerprint density at radius 1 is 1.36 bits per heavy atom. The zero-order valence-electron chi connectivity index (χ0n) is 13.1. The Labute approximate surface area is 130 Å². The van der Waals surface area contributed by atoms with E-state index in [1.165, 1.54) is 0 Å². The number of nitrogens with one attached hydrogen (secondary N) is 2. The molecule has 0 bridgehead atoms. The maximum Gasteiger partial charge on any atom is 0.251 e. The molecule has 2 rings (SSSR count). The molecule has 1 aromatic heterocycles. The molecule has 0 radical (unpaired) electrons. The van der Waals surface area contributed by atoms with Crippen LogP contribution in [0.25, 0.3) is 0 Å². The highest BCUT2D eigenvalue weighted by molar-refractivity contribution is 5.95. The van der Waals surface area contributed by atoms with Crippen LogP contribution in [0.15, 0.2) is 36.7 Å². The minimum Gasteiger partial charge on any atom is -0.396 e. The van der Waals surface area contributed by atoms with Crippen LogP contribution in [-0.2, 0) is 7.05 Å². The monoisotopic (exact) mass is 302 g/mol. The Hall–Kier alpha value is -2.34. The number of rotatable bonds is 6. The van der Waals surface area contributed by atoms with Crippen molar-refractivity contribution in [2.24, 2.45) is 12.5 Å². The lowest BCUT2D eigenvalue weighted by Gasteiger charge is -2.21. The van der Waals surface area contributed by atoms with Crippen LogP contribution in [0.1, 0.15) is 24.2 Å². The molecule has 0 atom stereocenters. The fourth-order valence-electron chi connectivity index (χ4n) is 1.87. The Morgan fingerprint density at radius 3 is 2.77 bits per heavy atom. The molecule has 0 saturated carbocycles. The highest BCUT2D eigenvalue weighted by atomic mass is 16.3. The van der Waals surface area contributed by atoms with Crippen LogP contribution in [0.2, 0.25) is 0 Å². The summed E-state index contributed by atoms with van der Waals surface area (Å²) in [5, 5.41) is 19.3. The van der Waals surface area contributed by atoms with Gasteiger partial charge < -0.3 is 15.7 Å². The minimum atomic E-state index is -0.332. The Balaban J connectivity index is 2.03. The molecule has 0 fully saturated rings. The first-order chi connectivity index (χ1) is 10.4. The quantitative estimate of drug-likeness (QED) is 0.761. The largest absolute Gasteiger partial charge is 0.396 e. The predicted octanol–water partition coefficient (Wildman–Crippen LogP) is 1.91. The zero-order chi connectivity index (χ0) is 16.2. The Morgan fingerprint density at radius 2 is 2.14 bits per heavy atom. The standard InChI is InChI=1S/C16H22N4O2/c1-16(2,11-21)10-17-15(22)12-5-4-6-13(7-12)19-14-8-18-20(3)9-14/h4-9,19,21H,10-11H2,1-3H3,(H,17,22). The molecule has 1 amide bonds. The smallest absolute Gasteiger partial charge is 0.251 e. The molecule has 2 aromatic rings. The third kappa shape index (κ3) is 4.33. The summed E-state index contributed by atoms with van der Waals surface area (Å²) >= 11 is 0. The zero-order valence-corrected chi connectivity index (χ0v) is 13.1. The van der Waals surface area contributed by atoms with Gasteiger partial charge in [0.1, 0.15) is 0 Å². The fourth-order valence-corrected chi connectivity index (χ4v) is 1.87. The number of aliphatic hydroxyl groups is 1. The van der Waals surface area contributed by atoms with Gasteiger partial charge in [0.05, 0.1) is 11.9 Å². The summed E-state index contributed by atoms with van der Waals surface area (Å²) in [4.78, 5) is 12.2. The second-order valence-corrected chi connectivity index (χ2v) is 6.11. The molecule has 0 aliphatic heterocycles. The number of aryl methyl sites for hydroxylation is 1. The lowest BCUT2D eigenvalue weighted by Crippen LogP contribution is -2.36. The molecule has 6 nitrogen and oxygen atoms in total. The third-order valence-corrected chi connectivity index (χ3v) is 3.27. The van der Waals surface area contributed by atoms with Gasteiger partial charge in [0, 0.05) is 43.1 Å². The number of nitrogens with zero attached hydrogens (tertiary/aromatic N) is 2. The number of anilines is 2. The predicted molar refractivity (Wildman–Crippen MR) is 86.1 cm³/mol. The number of carbonyl (C=O) groups excluding carboxylic acids is 1. The van der Waals surface area contributed by atoms with Gasteiger partial charge in [-0.15, -0.1) is 0 Å². The summed E-state index contributed by atoms with van der Waals surface area (Å²) in [6, 6.07) is 7.26. The van der Waals surface area contributed by atoms with Gasteiger partial charge in [-0.1, -0.05) is 19.9 Å². The summed E-state index contributed by atoms with van der Waals surface area (Å²) in [6.07, 6.45) is 3.58. The summed E-state index contributed by atoms with van der Waals surface area (Å²) in [6.45, 7) is 4.24. The maximum absolute atomic E-state index is 12.2. The summed E-state index contributed by atoms with van der Waals surface area (Å²) in [5.41, 5.74) is 1.92. The fraction of sp³-hybridized carbons (Fsp3) is 0.375. The van der Waals surface area contributed by atoms with E-state index in [4.69, 9.17) is 0 Å². The SMILES string of the molecule is Cn1cc(Nc2cccc(C(=O)NCC(C)(C)CO)c2)cn1. The average Bonchev–Trinajstić information content (AvgIpc) is 2.90. The molecule has 22 heavy (non-hydrogen) atoms. The van der Waals surface area contributed by atoms with E-state index >= 15 is 0 Å². The Kier molecular flexibility index (Phi) is 4.82. The molecule has 0 spiro atoms. The summed E-state index contributed by atoms with van der Waals surface area (Å²) in [5.74, 6) is -0.156. The molecule has 0 unspecified atom stereocenters. The van der Waals surface area contributed by atoms with Gasteiger partial charge in [-0.2, -0.15) is 5.10 Å². The first-order valence-electron chi connectivity index (χ1n) is 7.14. The Bertz CT molecular complexity index is 649. The molecule has 1 heterocycles. The maximum atomic E-state index is 12.2. The average molecular weight is 302 g/mol. The number of aliphatic hydroxyl groups excluding tert-OH is 1. The number of amides is 1. The first-order valence-corrected chi connectivity index (χ1v) is 7.14. The molecule has 0 aliphatic rings. The molecule has 0 saturated heterocycles. The lowest BCUT2D eigenvalue weighted by molar-refractivity contribution is 0.0911. The van der Waals surface area contributed by atoms with Crippen LogP contribution in [0, 0.1) is 5.41 Å². The van der Waals surface area contributed by atoms with Crippen LogP contribution in [0.4, 0.5) is 11.4 Å². The number of hydrogen-bond donors (Lipinski definition) is 3. The number of hydrogen-bond acceptors (Lipinski definition) is 4. The molecular weight excluding hydrogens is 280 g/mol. The van der Waals surface area contributed by atoms with Gasteiger partial charge in [0.25, 0.3) is 5.91 Å². The van der Waals surface area contributed by atoms with E-state index < -0.39 is 0 Å². The van der Waals surface area contributed by atoms with Gasteiger partial charge in [-0.05, 0) is 18.2 Å². The van der Waals surface area contributed by atoms with Crippen molar-refractivity contribution in [3.8, 4) is 0 Å². The van der Waals surface area contributed by atoms with Gasteiger partial charge in [-0.3, -0.25) is 9.48 Å². The summed E-state index contributed by atoms with van der Waals surface area (Å²) in [7, 11) is 1.85. The van der Waals surface area contributed by atoms with Crippen molar-refractivity contribution in [3.05, 3.63) is 42.2 Å². The normalized spacial score (nSPS) is 11.3. The van der Waals surface area contributed by atoms with Crippen LogP contribution in [-0.4, -0.2) is 33.9 Å². The van der Waals surface area contributed by atoms with Crippen molar-refractivity contribution in [2.75, 3.05) is 18.5 Å². The van der Waals surface area contributed by atoms with Crippen LogP contribution in [0.5, 0.6) is 0 Å². The van der Waals surface area contributed by atoms with Gasteiger partial charge >= 0.3 is 0 Å². The number of carbonyl (C=O) groups is 1. The number of benzene rings is 1. The highest BCUT2D eigenvalue weighted by Gasteiger charge is 2.18. The van der Waals surface area contributed by atoms with Crippen LogP contribution < -0.4 is 10.6 Å². The molecular formula is C16H22N4O2. The number of aromatic nitrogens is 2. The van der Waals surface area contributed by atoms with Crippen molar-refractivity contribution in [1.29, 1.82) is 0 Å². The van der Waals surface area contributed by atoms with Crippen molar-refractivity contribution in [2.45, 2.75) is 13.8 Å². The molecule has 3 N–H and O–H groups in total. The molecule has 6 heteroatoms. The second-order valence-electron chi connectivity index (χ2n) is 6.11. The van der Waals surface area contributed by atoms with Crippen molar-refractivity contribution < 1.29 is 9.90 Å². The van der Waals surface area contributed by atoms with Gasteiger partial charge in [-0.25, -0.2) is 0 Å². The minimum absolute atomic E-state index is 0.0237. The first kappa shape index (κ1) is 16.0. The summed E-state index contributed by atoms with van der Waals surface area (Å²) < 4.78 is 1.70. The van der Waals surface area contributed by atoms with E-state index in [2.05, 4.69) is 15.7 Å². The van der Waals surface area contributed by atoms with E-state index in [1.54, 1.807) is 23.0 Å². The van der Waals surface area contributed by atoms with Crippen LogP contribution in [0.3, 0.4) is 0 Å². The second kappa shape index (κ2) is 6.62. The van der Waals surface area contributed by atoms with E-state index in [0.717, 1.165) is 11.4 Å². The van der Waals surface area contributed by atoms with Crippen molar-refractivity contribution in [1.82, 2.24) is 15.1 Å². The topological polar surface area (TPSA) is 79.2 Å². The third-order valence-electron chi connectivity index (χ3n) is 3.27.